The maximum atomic E-state index is 13.4. The summed E-state index contributed by atoms with van der Waals surface area (Å²) in [5, 5.41) is 1.10. The predicted octanol–water partition coefficient (Wildman–Crippen LogP) is 5.04. The second kappa shape index (κ2) is 8.16. The van der Waals surface area contributed by atoms with E-state index in [-0.39, 0.29) is 11.5 Å². The van der Waals surface area contributed by atoms with E-state index in [0.717, 1.165) is 10.2 Å². The summed E-state index contributed by atoms with van der Waals surface area (Å²) in [5.41, 5.74) is 1.64. The summed E-state index contributed by atoms with van der Waals surface area (Å²) in [6, 6.07) is 21.9. The summed E-state index contributed by atoms with van der Waals surface area (Å²) in [6.07, 6.45) is 1.61. The number of anilines is 1. The van der Waals surface area contributed by atoms with Crippen LogP contribution in [-0.4, -0.2) is 24.6 Å². The number of carbonyl (C=O) groups excluding carboxylic acids is 1. The van der Waals surface area contributed by atoms with Gasteiger partial charge in [-0.25, -0.2) is 0 Å². The van der Waals surface area contributed by atoms with Crippen molar-refractivity contribution in [3.63, 3.8) is 0 Å². The number of amides is 1. The molecule has 0 aliphatic rings. The molecule has 4 aromatic rings. The minimum absolute atomic E-state index is 0.193. The van der Waals surface area contributed by atoms with Crippen LogP contribution in [0.1, 0.15) is 10.4 Å². The van der Waals surface area contributed by atoms with Gasteiger partial charge < -0.3 is 9.64 Å². The van der Waals surface area contributed by atoms with E-state index >= 15 is 0 Å². The van der Waals surface area contributed by atoms with Gasteiger partial charge in [0.2, 0.25) is 0 Å². The van der Waals surface area contributed by atoms with E-state index in [9.17, 15) is 9.59 Å². The monoisotopic (exact) mass is 462 g/mol. The highest BCUT2D eigenvalue weighted by Gasteiger charge is 2.20. The molecule has 0 aliphatic heterocycles. The zero-order valence-corrected chi connectivity index (χ0v) is 18.1. The molecule has 150 valence electrons. The summed E-state index contributed by atoms with van der Waals surface area (Å²) in [5.74, 6) is 0.428. The first-order chi connectivity index (χ1) is 14.5. The van der Waals surface area contributed by atoms with E-state index in [2.05, 4.69) is 15.9 Å². The number of methoxy groups -OCH3 is 1. The van der Waals surface area contributed by atoms with Gasteiger partial charge in [-0.3, -0.25) is 14.2 Å². The van der Waals surface area contributed by atoms with Crippen LogP contribution in [0.4, 0.5) is 5.69 Å². The van der Waals surface area contributed by atoms with Crippen LogP contribution in [0.5, 0.6) is 5.75 Å². The molecule has 0 fully saturated rings. The van der Waals surface area contributed by atoms with Gasteiger partial charge in [-0.2, -0.15) is 0 Å². The Kier molecular flexibility index (Phi) is 5.42. The van der Waals surface area contributed by atoms with Crippen LogP contribution in [0.2, 0.25) is 0 Å². The summed E-state index contributed by atoms with van der Waals surface area (Å²) < 4.78 is 7.72. The average molecular weight is 463 g/mol. The Hall–Kier alpha value is -3.38. The van der Waals surface area contributed by atoms with Crippen molar-refractivity contribution < 1.29 is 9.53 Å². The predicted molar refractivity (Wildman–Crippen MR) is 123 cm³/mol. The first kappa shape index (κ1) is 19.9. The number of carbonyl (C=O) groups is 1. The van der Waals surface area contributed by atoms with Crippen LogP contribution in [0.25, 0.3) is 16.5 Å². The molecule has 4 rings (SSSR count). The molecule has 0 saturated carbocycles. The average Bonchev–Trinajstić information content (AvgIpc) is 2.79. The Morgan fingerprint density at radius 1 is 0.967 bits per heavy atom. The number of pyridine rings is 1. The molecule has 0 N–H and O–H groups in total. The standard InChI is InChI=1S/C24H19BrN2O3/c1-26(17-12-10-16(25)11-13-17)23(28)22-15-27(18-6-5-7-19(14-18)30-2)24(29)21-9-4-3-8-20(21)22/h3-15H,1-2H3. The van der Waals surface area contributed by atoms with E-state index in [1.54, 1.807) is 49.5 Å². The van der Waals surface area contributed by atoms with E-state index in [1.165, 1.54) is 4.57 Å². The molecule has 3 aromatic carbocycles. The largest absolute Gasteiger partial charge is 0.497 e. The molecule has 1 aromatic heterocycles. The molecule has 0 bridgehead atoms. The summed E-state index contributed by atoms with van der Waals surface area (Å²) in [4.78, 5) is 28.2. The van der Waals surface area contributed by atoms with Crippen LogP contribution in [0.3, 0.4) is 0 Å². The van der Waals surface area contributed by atoms with Gasteiger partial charge in [0.15, 0.2) is 0 Å². The minimum Gasteiger partial charge on any atom is -0.497 e. The second-order valence-corrected chi connectivity index (χ2v) is 7.72. The van der Waals surface area contributed by atoms with Gasteiger partial charge in [-0.15, -0.1) is 0 Å². The normalized spacial score (nSPS) is 10.8. The lowest BCUT2D eigenvalue weighted by Gasteiger charge is -2.20. The molecule has 0 radical (unpaired) electrons. The highest BCUT2D eigenvalue weighted by atomic mass is 79.9. The second-order valence-electron chi connectivity index (χ2n) is 6.81. The van der Waals surface area contributed by atoms with Gasteiger partial charge in [0, 0.05) is 40.2 Å². The first-order valence-corrected chi connectivity index (χ1v) is 10.1. The molecule has 30 heavy (non-hydrogen) atoms. The van der Waals surface area contributed by atoms with Crippen LogP contribution in [-0.2, 0) is 0 Å². The lowest BCUT2D eigenvalue weighted by atomic mass is 10.1. The molecular weight excluding hydrogens is 444 g/mol. The number of fused-ring (bicyclic) bond motifs is 1. The molecule has 5 nitrogen and oxygen atoms in total. The summed E-state index contributed by atoms with van der Waals surface area (Å²) >= 11 is 3.41. The third kappa shape index (κ3) is 3.62. The third-order valence-corrected chi connectivity index (χ3v) is 5.53. The third-order valence-electron chi connectivity index (χ3n) is 5.01. The topological polar surface area (TPSA) is 51.5 Å². The number of ether oxygens (including phenoxy) is 1. The highest BCUT2D eigenvalue weighted by molar-refractivity contribution is 9.10. The number of halogens is 1. The lowest BCUT2D eigenvalue weighted by Crippen LogP contribution is -2.29. The Morgan fingerprint density at radius 3 is 2.37 bits per heavy atom. The van der Waals surface area contributed by atoms with Crippen molar-refractivity contribution in [2.45, 2.75) is 0 Å². The zero-order chi connectivity index (χ0) is 21.3. The Labute approximate surface area is 182 Å². The lowest BCUT2D eigenvalue weighted by molar-refractivity contribution is 0.0994. The number of hydrogen-bond acceptors (Lipinski definition) is 3. The number of rotatable bonds is 4. The number of nitrogens with zero attached hydrogens (tertiary/aromatic N) is 2. The molecule has 0 unspecified atom stereocenters. The van der Waals surface area contributed by atoms with Gasteiger partial charge in [0.1, 0.15) is 5.75 Å². The smallest absolute Gasteiger partial charge is 0.262 e. The molecule has 0 spiro atoms. The van der Waals surface area contributed by atoms with Crippen LogP contribution >= 0.6 is 15.9 Å². The van der Waals surface area contributed by atoms with Crippen molar-refractivity contribution in [2.75, 3.05) is 19.1 Å². The van der Waals surface area contributed by atoms with Gasteiger partial charge in [-0.05, 0) is 42.5 Å². The van der Waals surface area contributed by atoms with E-state index in [1.807, 2.05) is 48.5 Å². The fraction of sp³-hybridized carbons (Fsp3) is 0.0833. The van der Waals surface area contributed by atoms with Crippen molar-refractivity contribution in [3.8, 4) is 11.4 Å². The van der Waals surface area contributed by atoms with E-state index in [4.69, 9.17) is 4.74 Å². The molecular formula is C24H19BrN2O3. The number of benzene rings is 3. The molecule has 1 heterocycles. The first-order valence-electron chi connectivity index (χ1n) is 9.32. The molecule has 0 saturated heterocycles. The molecule has 0 aliphatic carbocycles. The Balaban J connectivity index is 1.90. The van der Waals surface area contributed by atoms with Gasteiger partial charge in [0.25, 0.3) is 11.5 Å². The van der Waals surface area contributed by atoms with Crippen molar-refractivity contribution in [2.24, 2.45) is 0 Å². The maximum absolute atomic E-state index is 13.4. The highest BCUT2D eigenvalue weighted by Crippen LogP contribution is 2.24. The van der Waals surface area contributed by atoms with Gasteiger partial charge in [0.05, 0.1) is 18.4 Å². The quantitative estimate of drug-likeness (QED) is 0.426. The van der Waals surface area contributed by atoms with Crippen molar-refractivity contribution in [3.05, 3.63) is 99.4 Å². The van der Waals surface area contributed by atoms with Crippen LogP contribution in [0, 0.1) is 0 Å². The summed E-state index contributed by atoms with van der Waals surface area (Å²) in [7, 11) is 3.30. The number of hydrogen-bond donors (Lipinski definition) is 0. The van der Waals surface area contributed by atoms with E-state index < -0.39 is 0 Å². The minimum atomic E-state index is -0.204. The SMILES string of the molecule is COc1cccc(-n2cc(C(=O)N(C)c3ccc(Br)cc3)c3ccccc3c2=O)c1. The maximum Gasteiger partial charge on any atom is 0.262 e. The molecule has 0 atom stereocenters. The van der Waals surface area contributed by atoms with Gasteiger partial charge >= 0.3 is 0 Å². The van der Waals surface area contributed by atoms with Crippen molar-refractivity contribution >= 4 is 38.3 Å². The molecule has 6 heteroatoms. The van der Waals surface area contributed by atoms with Crippen molar-refractivity contribution in [1.82, 2.24) is 4.57 Å². The Morgan fingerprint density at radius 2 is 1.67 bits per heavy atom. The van der Waals surface area contributed by atoms with E-state index in [0.29, 0.717) is 27.8 Å². The molecule has 1 amide bonds. The van der Waals surface area contributed by atoms with Crippen LogP contribution < -0.4 is 15.2 Å². The van der Waals surface area contributed by atoms with Crippen LogP contribution in [0.15, 0.2) is 88.3 Å². The zero-order valence-electron chi connectivity index (χ0n) is 16.5. The number of aromatic nitrogens is 1. The summed E-state index contributed by atoms with van der Waals surface area (Å²) in [6.45, 7) is 0. The fourth-order valence-electron chi connectivity index (χ4n) is 3.38. The van der Waals surface area contributed by atoms with Crippen molar-refractivity contribution in [1.29, 1.82) is 0 Å². The van der Waals surface area contributed by atoms with Gasteiger partial charge in [-0.1, -0.05) is 40.2 Å². The Bertz CT molecular complexity index is 1300. The fourth-order valence-corrected chi connectivity index (χ4v) is 3.64.